The maximum Gasteiger partial charge on any atom is 0.511 e. The monoisotopic (exact) mass is 369 g/mol. The Balaban J connectivity index is 1.56. The Labute approximate surface area is 160 Å². The van der Waals surface area contributed by atoms with Crippen molar-refractivity contribution in [1.82, 2.24) is 0 Å². The van der Waals surface area contributed by atoms with E-state index in [9.17, 15) is 10.1 Å². The summed E-state index contributed by atoms with van der Waals surface area (Å²) in [6, 6.07) is 26.6. The minimum Gasteiger partial charge on any atom is -0.390 e. The van der Waals surface area contributed by atoms with Crippen molar-refractivity contribution < 1.29 is 4.92 Å². The first kappa shape index (κ1) is 17.3. The zero-order chi connectivity index (χ0) is 19.3. The lowest BCUT2D eigenvalue weighted by Gasteiger charge is -2.00. The van der Waals surface area contributed by atoms with E-state index in [1.54, 1.807) is 12.1 Å². The summed E-state index contributed by atoms with van der Waals surface area (Å²) in [5, 5.41) is 26.8. The number of hydrazone groups is 1. The van der Waals surface area contributed by atoms with Crippen molar-refractivity contribution in [3.05, 3.63) is 95.0 Å². The summed E-state index contributed by atoms with van der Waals surface area (Å²) in [6.45, 7) is 0. The highest BCUT2D eigenvalue weighted by Gasteiger charge is 2.12. The quantitative estimate of drug-likeness (QED) is 0.164. The molecular formula is C21H15N5O2. The topological polar surface area (TPSA) is 92.2 Å². The molecule has 4 rings (SSSR count). The van der Waals surface area contributed by atoms with Crippen LogP contribution in [0.15, 0.2) is 100 Å². The Kier molecular flexibility index (Phi) is 4.71. The SMILES string of the molecule is O=[N+]([O-])C(N=Nc1ccc2ccccc2c1)=NNc1ccc2ccccc2c1. The van der Waals surface area contributed by atoms with Gasteiger partial charge in [-0.15, -0.1) is 0 Å². The van der Waals surface area contributed by atoms with Gasteiger partial charge in [-0.1, -0.05) is 65.8 Å². The molecule has 7 nitrogen and oxygen atoms in total. The highest BCUT2D eigenvalue weighted by molar-refractivity contribution is 5.86. The lowest BCUT2D eigenvalue weighted by atomic mass is 10.1. The van der Waals surface area contributed by atoms with Gasteiger partial charge >= 0.3 is 5.96 Å². The third-order valence-corrected chi connectivity index (χ3v) is 4.19. The fourth-order valence-corrected chi connectivity index (χ4v) is 2.81. The zero-order valence-electron chi connectivity index (χ0n) is 14.7. The molecule has 0 amide bonds. The van der Waals surface area contributed by atoms with Crippen LogP contribution in [-0.4, -0.2) is 10.9 Å². The molecule has 0 fully saturated rings. The predicted octanol–water partition coefficient (Wildman–Crippen LogP) is 5.74. The number of rotatable bonds is 3. The summed E-state index contributed by atoms with van der Waals surface area (Å²) < 4.78 is 0. The first-order valence-corrected chi connectivity index (χ1v) is 8.56. The lowest BCUT2D eigenvalue weighted by Crippen LogP contribution is -2.10. The molecule has 0 atom stereocenters. The van der Waals surface area contributed by atoms with E-state index < -0.39 is 10.9 Å². The van der Waals surface area contributed by atoms with Crippen molar-refractivity contribution in [2.24, 2.45) is 15.3 Å². The molecular weight excluding hydrogens is 354 g/mol. The van der Waals surface area contributed by atoms with E-state index in [1.165, 1.54) is 0 Å². The standard InChI is InChI=1S/C21H15N5O2/c27-26(28)21(24-22-19-11-9-15-5-1-3-7-17(15)13-19)25-23-20-12-10-16-6-2-4-8-18(16)14-20/h1-14,22H. The summed E-state index contributed by atoms with van der Waals surface area (Å²) in [7, 11) is 0. The fourth-order valence-electron chi connectivity index (χ4n) is 2.81. The highest BCUT2D eigenvalue weighted by Crippen LogP contribution is 2.22. The molecule has 4 aromatic rings. The van der Waals surface area contributed by atoms with Gasteiger partial charge in [0.15, 0.2) is 0 Å². The maximum atomic E-state index is 11.2. The smallest absolute Gasteiger partial charge is 0.390 e. The molecule has 0 aromatic heterocycles. The largest absolute Gasteiger partial charge is 0.511 e. The first-order valence-electron chi connectivity index (χ1n) is 8.56. The molecule has 1 N–H and O–H groups in total. The number of nitro groups is 1. The van der Waals surface area contributed by atoms with Crippen LogP contribution in [0, 0.1) is 10.1 Å². The summed E-state index contributed by atoms with van der Waals surface area (Å²) in [5.74, 6) is -0.624. The average Bonchev–Trinajstić information content (AvgIpc) is 2.73. The number of hydrogen-bond acceptors (Lipinski definition) is 5. The van der Waals surface area contributed by atoms with Crippen LogP contribution < -0.4 is 5.43 Å². The van der Waals surface area contributed by atoms with Crippen LogP contribution in [0.2, 0.25) is 0 Å². The van der Waals surface area contributed by atoms with Crippen LogP contribution in [0.3, 0.4) is 0 Å². The van der Waals surface area contributed by atoms with Crippen LogP contribution in [0.25, 0.3) is 21.5 Å². The molecule has 7 heteroatoms. The van der Waals surface area contributed by atoms with Gasteiger partial charge in [-0.25, -0.2) is 5.43 Å². The number of nitrogens with zero attached hydrogens (tertiary/aromatic N) is 4. The maximum absolute atomic E-state index is 11.2. The molecule has 0 radical (unpaired) electrons. The molecule has 0 saturated carbocycles. The van der Waals surface area contributed by atoms with Gasteiger partial charge in [0.2, 0.25) is 0 Å². The molecule has 28 heavy (non-hydrogen) atoms. The Bertz CT molecular complexity index is 1230. The van der Waals surface area contributed by atoms with E-state index in [2.05, 4.69) is 20.8 Å². The number of nitrogens with one attached hydrogen (secondary N) is 1. The number of azo groups is 1. The minimum atomic E-state index is -0.682. The normalized spacial score (nSPS) is 11.9. The van der Waals surface area contributed by atoms with Gasteiger partial charge < -0.3 is 10.1 Å². The lowest BCUT2D eigenvalue weighted by molar-refractivity contribution is -0.352. The Morgan fingerprint density at radius 1 is 0.786 bits per heavy atom. The van der Waals surface area contributed by atoms with Gasteiger partial charge in [-0.2, -0.15) is 0 Å². The van der Waals surface area contributed by atoms with Gasteiger partial charge in [-0.3, -0.25) is 0 Å². The van der Waals surface area contributed by atoms with Crippen molar-refractivity contribution in [2.75, 3.05) is 5.43 Å². The molecule has 0 aliphatic heterocycles. The van der Waals surface area contributed by atoms with Crippen LogP contribution >= 0.6 is 0 Å². The Hall–Kier alpha value is -4.13. The van der Waals surface area contributed by atoms with Crippen molar-refractivity contribution in [3.63, 3.8) is 0 Å². The van der Waals surface area contributed by atoms with Crippen molar-refractivity contribution in [1.29, 1.82) is 0 Å². The second-order valence-electron chi connectivity index (χ2n) is 6.07. The number of fused-ring (bicyclic) bond motifs is 2. The highest BCUT2D eigenvalue weighted by atomic mass is 16.6. The summed E-state index contributed by atoms with van der Waals surface area (Å²) >= 11 is 0. The number of benzene rings is 4. The fraction of sp³-hybridized carbons (Fsp3) is 0. The zero-order valence-corrected chi connectivity index (χ0v) is 14.7. The average molecular weight is 369 g/mol. The third-order valence-electron chi connectivity index (χ3n) is 4.19. The van der Waals surface area contributed by atoms with Gasteiger partial charge in [0.25, 0.3) is 0 Å². The number of anilines is 1. The molecule has 0 unspecified atom stereocenters. The predicted molar refractivity (Wildman–Crippen MR) is 110 cm³/mol. The summed E-state index contributed by atoms with van der Waals surface area (Å²) in [6.07, 6.45) is 0. The molecule has 0 aliphatic carbocycles. The number of guanidine groups is 1. The van der Waals surface area contributed by atoms with Crippen LogP contribution in [0.1, 0.15) is 0 Å². The molecule has 0 aliphatic rings. The molecule has 4 aromatic carbocycles. The van der Waals surface area contributed by atoms with E-state index >= 15 is 0 Å². The second-order valence-corrected chi connectivity index (χ2v) is 6.07. The van der Waals surface area contributed by atoms with Gasteiger partial charge in [0, 0.05) is 5.10 Å². The van der Waals surface area contributed by atoms with E-state index in [1.807, 2.05) is 72.8 Å². The van der Waals surface area contributed by atoms with Crippen molar-refractivity contribution in [3.8, 4) is 0 Å². The molecule has 136 valence electrons. The van der Waals surface area contributed by atoms with E-state index in [-0.39, 0.29) is 0 Å². The van der Waals surface area contributed by atoms with Crippen LogP contribution in [0.4, 0.5) is 11.4 Å². The molecule has 0 heterocycles. The van der Waals surface area contributed by atoms with Crippen LogP contribution in [0.5, 0.6) is 0 Å². The molecule has 0 saturated heterocycles. The van der Waals surface area contributed by atoms with Crippen molar-refractivity contribution >= 4 is 38.9 Å². The van der Waals surface area contributed by atoms with E-state index in [0.717, 1.165) is 21.5 Å². The van der Waals surface area contributed by atoms with Crippen LogP contribution in [-0.2, 0) is 0 Å². The summed E-state index contributed by atoms with van der Waals surface area (Å²) in [4.78, 5) is 10.6. The van der Waals surface area contributed by atoms with Gasteiger partial charge in [0.05, 0.1) is 10.8 Å². The molecule has 0 bridgehead atoms. The van der Waals surface area contributed by atoms with E-state index in [4.69, 9.17) is 0 Å². The Morgan fingerprint density at radius 3 is 2.07 bits per heavy atom. The number of hydrogen-bond donors (Lipinski definition) is 1. The third kappa shape index (κ3) is 3.83. The summed E-state index contributed by atoms with van der Waals surface area (Å²) in [5.41, 5.74) is 3.81. The molecule has 0 spiro atoms. The Morgan fingerprint density at radius 2 is 1.39 bits per heavy atom. The minimum absolute atomic E-state index is 0.513. The van der Waals surface area contributed by atoms with E-state index in [0.29, 0.717) is 11.4 Å². The second kappa shape index (κ2) is 7.63. The first-order chi connectivity index (χ1) is 13.7. The van der Waals surface area contributed by atoms with Gasteiger partial charge in [0.1, 0.15) is 5.69 Å². The van der Waals surface area contributed by atoms with Gasteiger partial charge in [-0.05, 0) is 50.7 Å². The van der Waals surface area contributed by atoms with Crippen molar-refractivity contribution in [2.45, 2.75) is 0 Å².